The van der Waals surface area contributed by atoms with Crippen LogP contribution in [0.5, 0.6) is 0 Å². The van der Waals surface area contributed by atoms with Gasteiger partial charge in [0.25, 0.3) is 0 Å². The molecule has 22 heavy (non-hydrogen) atoms. The number of nitrogens with one attached hydrogen (secondary N) is 1. The molecule has 1 N–H and O–H groups in total. The molecule has 0 spiro atoms. The number of carbonyl (C=O) groups is 1. The molecule has 0 saturated carbocycles. The molecule has 1 aromatic heterocycles. The van der Waals surface area contributed by atoms with E-state index in [0.717, 1.165) is 31.0 Å². The number of terminal acetylenes is 1. The van der Waals surface area contributed by atoms with Crippen LogP contribution < -0.4 is 5.32 Å². The fraction of sp³-hybridized carbons (Fsp3) is 0.667. The number of nitrogens with zero attached hydrogens (tertiary/aromatic N) is 5. The minimum absolute atomic E-state index is 0.00796. The van der Waals surface area contributed by atoms with Gasteiger partial charge in [-0.2, -0.15) is 10.2 Å². The summed E-state index contributed by atoms with van der Waals surface area (Å²) >= 11 is 0. The summed E-state index contributed by atoms with van der Waals surface area (Å²) in [5.74, 6) is 4.21. The number of aryl methyl sites for hydroxylation is 1. The van der Waals surface area contributed by atoms with E-state index in [1.165, 1.54) is 0 Å². The van der Waals surface area contributed by atoms with E-state index in [1.54, 1.807) is 0 Å². The zero-order chi connectivity index (χ0) is 15.8. The Morgan fingerprint density at radius 2 is 2.18 bits per heavy atom. The van der Waals surface area contributed by atoms with Crippen molar-refractivity contribution < 1.29 is 4.79 Å². The van der Waals surface area contributed by atoms with E-state index in [-0.39, 0.29) is 11.6 Å². The quantitative estimate of drug-likeness (QED) is 0.804. The molecule has 116 valence electrons. The van der Waals surface area contributed by atoms with Crippen LogP contribution in [-0.2, 0) is 16.8 Å². The summed E-state index contributed by atoms with van der Waals surface area (Å²) in [7, 11) is 0. The minimum Gasteiger partial charge on any atom is -0.355 e. The van der Waals surface area contributed by atoms with Gasteiger partial charge in [-0.15, -0.1) is 22.5 Å². The molecule has 3 rings (SSSR count). The number of hydrogen-bond acceptors (Lipinski definition) is 5. The molecule has 1 unspecified atom stereocenters. The number of carbonyl (C=O) groups excluding carboxylic acids is 1. The third kappa shape index (κ3) is 2.39. The van der Waals surface area contributed by atoms with Crippen LogP contribution in [0.2, 0.25) is 0 Å². The molecular weight excluding hydrogens is 280 g/mol. The van der Waals surface area contributed by atoms with Gasteiger partial charge in [-0.1, -0.05) is 0 Å². The van der Waals surface area contributed by atoms with Crippen molar-refractivity contribution in [1.29, 1.82) is 0 Å². The summed E-state index contributed by atoms with van der Waals surface area (Å²) in [4.78, 5) is 12.6. The second-order valence-corrected chi connectivity index (χ2v) is 6.20. The molecule has 3 heterocycles. The first-order valence-electron chi connectivity index (χ1n) is 7.57. The maximum absolute atomic E-state index is 12.6. The zero-order valence-corrected chi connectivity index (χ0v) is 13.0. The van der Waals surface area contributed by atoms with Crippen LogP contribution in [-0.4, -0.2) is 32.9 Å². The van der Waals surface area contributed by atoms with Crippen LogP contribution in [0.1, 0.15) is 44.3 Å². The molecule has 0 radical (unpaired) electrons. The Morgan fingerprint density at radius 3 is 2.86 bits per heavy atom. The van der Waals surface area contributed by atoms with Crippen molar-refractivity contribution in [3.63, 3.8) is 0 Å². The smallest absolute Gasteiger partial charge is 0.233 e. The van der Waals surface area contributed by atoms with Gasteiger partial charge in [0.1, 0.15) is 17.1 Å². The van der Waals surface area contributed by atoms with Crippen molar-refractivity contribution >= 4 is 5.91 Å². The molecule has 2 aliphatic rings. The van der Waals surface area contributed by atoms with Crippen molar-refractivity contribution in [2.75, 3.05) is 6.54 Å². The summed E-state index contributed by atoms with van der Waals surface area (Å²) in [6, 6.07) is 0. The van der Waals surface area contributed by atoms with Crippen LogP contribution >= 0.6 is 0 Å². The highest BCUT2D eigenvalue weighted by molar-refractivity contribution is 5.87. The molecule has 0 aliphatic carbocycles. The lowest BCUT2D eigenvalue weighted by atomic mass is 9.87. The third-order valence-electron chi connectivity index (χ3n) is 4.63. The first-order chi connectivity index (χ1) is 10.5. The molecule has 0 fully saturated rings. The number of amides is 1. The summed E-state index contributed by atoms with van der Waals surface area (Å²) in [5, 5.41) is 19.4. The highest BCUT2D eigenvalue weighted by Crippen LogP contribution is 2.37. The van der Waals surface area contributed by atoms with E-state index in [0.29, 0.717) is 19.4 Å². The highest BCUT2D eigenvalue weighted by Gasteiger charge is 2.45. The van der Waals surface area contributed by atoms with E-state index < -0.39 is 5.41 Å². The summed E-state index contributed by atoms with van der Waals surface area (Å²) < 4.78 is 2.01. The number of aromatic nitrogens is 3. The van der Waals surface area contributed by atoms with E-state index in [2.05, 4.69) is 31.7 Å². The van der Waals surface area contributed by atoms with Gasteiger partial charge in [-0.3, -0.25) is 4.79 Å². The van der Waals surface area contributed by atoms with E-state index in [1.807, 2.05) is 18.4 Å². The van der Waals surface area contributed by atoms with Gasteiger partial charge in [-0.05, 0) is 20.3 Å². The second-order valence-electron chi connectivity index (χ2n) is 6.20. The maximum atomic E-state index is 12.6. The average Bonchev–Trinajstić information content (AvgIpc) is 3.04. The van der Waals surface area contributed by atoms with Gasteiger partial charge in [-0.25, -0.2) is 0 Å². The minimum atomic E-state index is -0.606. The van der Waals surface area contributed by atoms with Gasteiger partial charge in [0, 0.05) is 32.4 Å². The third-order valence-corrected chi connectivity index (χ3v) is 4.63. The zero-order valence-electron chi connectivity index (χ0n) is 13.0. The Labute approximate surface area is 129 Å². The molecule has 1 atom stereocenters. The number of rotatable bonds is 6. The topological polar surface area (TPSA) is 84.5 Å². The first kappa shape index (κ1) is 14.7. The highest BCUT2D eigenvalue weighted by atomic mass is 16.2. The normalized spacial score (nSPS) is 23.9. The predicted molar refractivity (Wildman–Crippen MR) is 80.0 cm³/mol. The van der Waals surface area contributed by atoms with Gasteiger partial charge in [0.15, 0.2) is 5.66 Å². The van der Waals surface area contributed by atoms with Crippen LogP contribution in [0.3, 0.4) is 0 Å². The Morgan fingerprint density at radius 1 is 1.41 bits per heavy atom. The molecule has 1 aromatic rings. The Balaban J connectivity index is 1.56. The van der Waals surface area contributed by atoms with Crippen LogP contribution in [0.4, 0.5) is 0 Å². The summed E-state index contributed by atoms with van der Waals surface area (Å²) in [6.45, 7) is 5.16. The lowest BCUT2D eigenvalue weighted by Crippen LogP contribution is -2.42. The second kappa shape index (κ2) is 5.20. The molecule has 7 heteroatoms. The van der Waals surface area contributed by atoms with E-state index >= 15 is 0 Å². The maximum Gasteiger partial charge on any atom is 0.233 e. The number of fused-ring (bicyclic) bond motifs is 1. The van der Waals surface area contributed by atoms with Gasteiger partial charge < -0.3 is 9.88 Å². The predicted octanol–water partition coefficient (Wildman–Crippen LogP) is 1.33. The van der Waals surface area contributed by atoms with Gasteiger partial charge >= 0.3 is 0 Å². The van der Waals surface area contributed by atoms with E-state index in [4.69, 9.17) is 6.42 Å². The molecular formula is C15H20N6O. The van der Waals surface area contributed by atoms with Crippen molar-refractivity contribution in [3.8, 4) is 12.3 Å². The average molecular weight is 300 g/mol. The van der Waals surface area contributed by atoms with Crippen molar-refractivity contribution in [2.45, 2.75) is 57.2 Å². The molecule has 1 amide bonds. The van der Waals surface area contributed by atoms with Gasteiger partial charge in [0.2, 0.25) is 5.91 Å². The Bertz CT molecular complexity index is 664. The molecule has 0 bridgehead atoms. The van der Waals surface area contributed by atoms with Crippen LogP contribution in [0.25, 0.3) is 0 Å². The Kier molecular flexibility index (Phi) is 3.47. The monoisotopic (exact) mass is 300 g/mol. The summed E-state index contributed by atoms with van der Waals surface area (Å²) in [5.41, 5.74) is -0.960. The Hall–Kier alpha value is -2.23. The molecule has 7 nitrogen and oxygen atoms in total. The van der Waals surface area contributed by atoms with Crippen LogP contribution in [0, 0.1) is 19.3 Å². The van der Waals surface area contributed by atoms with Crippen molar-refractivity contribution in [1.82, 2.24) is 20.1 Å². The standard InChI is InChI=1S/C15H20N6O/c1-4-5-6-15(19-20-15)7-9-16-13(22)14(3)8-10-21-11(2)17-18-12(14)21/h1H,5-10H2,2-3H3,(H,16,22). The summed E-state index contributed by atoms with van der Waals surface area (Å²) in [6.07, 6.45) is 8.13. The van der Waals surface area contributed by atoms with E-state index in [9.17, 15) is 4.79 Å². The molecule has 0 saturated heterocycles. The lowest BCUT2D eigenvalue weighted by Gasteiger charge is -2.21. The first-order valence-corrected chi connectivity index (χ1v) is 7.57. The fourth-order valence-electron chi connectivity index (χ4n) is 2.96. The SMILES string of the molecule is C#CCCC1(CCNC(=O)C2(C)CCn3c(C)nnc32)N=N1. The van der Waals surface area contributed by atoms with Crippen molar-refractivity contribution in [2.24, 2.45) is 10.2 Å². The molecule has 2 aliphatic heterocycles. The van der Waals surface area contributed by atoms with Gasteiger partial charge in [0.05, 0.1) is 0 Å². The fourth-order valence-corrected chi connectivity index (χ4v) is 2.96. The lowest BCUT2D eigenvalue weighted by molar-refractivity contribution is -0.126. The van der Waals surface area contributed by atoms with Crippen LogP contribution in [0.15, 0.2) is 10.2 Å². The largest absolute Gasteiger partial charge is 0.355 e. The number of hydrogen-bond donors (Lipinski definition) is 1. The molecule has 0 aromatic carbocycles. The van der Waals surface area contributed by atoms with Crippen molar-refractivity contribution in [3.05, 3.63) is 11.6 Å².